The van der Waals surface area contributed by atoms with Crippen LogP contribution in [0.15, 0.2) is 41.5 Å². The molecule has 0 spiro atoms. The minimum absolute atomic E-state index is 0.0237. The van der Waals surface area contributed by atoms with Gasteiger partial charge in [0.15, 0.2) is 17.3 Å². The van der Waals surface area contributed by atoms with Gasteiger partial charge in [-0.15, -0.1) is 0 Å². The van der Waals surface area contributed by atoms with Crippen molar-refractivity contribution in [3.05, 3.63) is 53.6 Å². The van der Waals surface area contributed by atoms with E-state index >= 15 is 0 Å². The Kier molecular flexibility index (Phi) is 4.14. The molecule has 0 saturated carbocycles. The first-order valence-electron chi connectivity index (χ1n) is 5.71. The monoisotopic (exact) mass is 278 g/mol. The molecule has 0 bridgehead atoms. The van der Waals surface area contributed by atoms with Crippen molar-refractivity contribution in [2.24, 2.45) is 5.10 Å². The summed E-state index contributed by atoms with van der Waals surface area (Å²) in [5.41, 5.74) is 3.10. The summed E-state index contributed by atoms with van der Waals surface area (Å²) < 4.78 is 30.9. The van der Waals surface area contributed by atoms with Crippen LogP contribution in [0.2, 0.25) is 0 Å². The molecule has 0 atom stereocenters. The van der Waals surface area contributed by atoms with Crippen LogP contribution in [-0.4, -0.2) is 18.4 Å². The first-order valence-corrected chi connectivity index (χ1v) is 5.71. The van der Waals surface area contributed by atoms with Gasteiger partial charge in [-0.25, -0.2) is 8.78 Å². The fourth-order valence-corrected chi connectivity index (χ4v) is 1.54. The van der Waals surface area contributed by atoms with Gasteiger partial charge in [-0.3, -0.25) is 5.43 Å². The number of benzene rings is 2. The van der Waals surface area contributed by atoms with Gasteiger partial charge >= 0.3 is 0 Å². The average molecular weight is 278 g/mol. The third kappa shape index (κ3) is 3.23. The maximum absolute atomic E-state index is 13.3. The third-order valence-electron chi connectivity index (χ3n) is 2.53. The lowest BCUT2D eigenvalue weighted by Gasteiger charge is -2.04. The molecule has 0 aliphatic rings. The molecule has 4 nitrogen and oxygen atoms in total. The first-order chi connectivity index (χ1) is 9.60. The van der Waals surface area contributed by atoms with Crippen LogP contribution in [0.5, 0.6) is 11.5 Å². The maximum Gasteiger partial charge on any atom is 0.160 e. The smallest absolute Gasteiger partial charge is 0.160 e. The van der Waals surface area contributed by atoms with Gasteiger partial charge in [-0.05, 0) is 35.9 Å². The SMILES string of the molecule is COc1ccc(C=NNc2ccc(F)cc2F)cc1O. The van der Waals surface area contributed by atoms with Gasteiger partial charge in [0.05, 0.1) is 19.0 Å². The lowest BCUT2D eigenvalue weighted by Crippen LogP contribution is -1.94. The highest BCUT2D eigenvalue weighted by Gasteiger charge is 2.02. The molecule has 0 unspecified atom stereocenters. The Morgan fingerprint density at radius 3 is 2.65 bits per heavy atom. The molecule has 0 heterocycles. The fourth-order valence-electron chi connectivity index (χ4n) is 1.54. The van der Waals surface area contributed by atoms with E-state index in [9.17, 15) is 13.9 Å². The summed E-state index contributed by atoms with van der Waals surface area (Å²) in [6.45, 7) is 0. The molecular formula is C14H12F2N2O2. The predicted molar refractivity (Wildman–Crippen MR) is 72.2 cm³/mol. The number of aromatic hydroxyl groups is 1. The van der Waals surface area contributed by atoms with E-state index in [1.54, 1.807) is 12.1 Å². The highest BCUT2D eigenvalue weighted by Crippen LogP contribution is 2.25. The lowest BCUT2D eigenvalue weighted by molar-refractivity contribution is 0.373. The molecule has 104 valence electrons. The molecule has 2 aromatic carbocycles. The minimum Gasteiger partial charge on any atom is -0.504 e. The molecule has 0 aromatic heterocycles. The summed E-state index contributed by atoms with van der Waals surface area (Å²) in [5.74, 6) is -1.07. The van der Waals surface area contributed by atoms with Crippen LogP contribution in [0.3, 0.4) is 0 Å². The Morgan fingerprint density at radius 2 is 2.00 bits per heavy atom. The molecule has 0 saturated heterocycles. The molecule has 0 radical (unpaired) electrons. The number of hydrazone groups is 1. The standard InChI is InChI=1S/C14H12F2N2O2/c1-20-14-5-2-9(6-13(14)19)8-17-18-12-4-3-10(15)7-11(12)16/h2-8,18-19H,1H3. The van der Waals surface area contributed by atoms with Crippen molar-refractivity contribution in [2.45, 2.75) is 0 Å². The van der Waals surface area contributed by atoms with Gasteiger partial charge in [-0.1, -0.05) is 0 Å². The van der Waals surface area contributed by atoms with Crippen LogP contribution < -0.4 is 10.2 Å². The van der Waals surface area contributed by atoms with E-state index in [0.29, 0.717) is 11.3 Å². The topological polar surface area (TPSA) is 53.8 Å². The predicted octanol–water partition coefficient (Wildman–Crippen LogP) is 3.13. The zero-order valence-corrected chi connectivity index (χ0v) is 10.6. The summed E-state index contributed by atoms with van der Waals surface area (Å²) in [5, 5.41) is 13.4. The Bertz CT molecular complexity index is 645. The number of ether oxygens (including phenoxy) is 1. The van der Waals surface area contributed by atoms with Gasteiger partial charge in [0, 0.05) is 6.07 Å². The zero-order chi connectivity index (χ0) is 14.5. The van der Waals surface area contributed by atoms with E-state index in [-0.39, 0.29) is 11.4 Å². The average Bonchev–Trinajstić information content (AvgIpc) is 2.41. The number of nitrogens with one attached hydrogen (secondary N) is 1. The number of methoxy groups -OCH3 is 1. The Morgan fingerprint density at radius 1 is 1.20 bits per heavy atom. The third-order valence-corrected chi connectivity index (χ3v) is 2.53. The van der Waals surface area contributed by atoms with E-state index in [1.807, 2.05) is 0 Å². The Hall–Kier alpha value is -2.63. The number of hydrogen-bond donors (Lipinski definition) is 2. The molecule has 20 heavy (non-hydrogen) atoms. The molecule has 2 rings (SSSR count). The zero-order valence-electron chi connectivity index (χ0n) is 10.6. The summed E-state index contributed by atoms with van der Waals surface area (Å²) in [6, 6.07) is 7.83. The normalized spacial score (nSPS) is 10.8. The Labute approximate surface area is 114 Å². The Balaban J connectivity index is 2.08. The molecule has 6 heteroatoms. The van der Waals surface area contributed by atoms with Crippen LogP contribution in [0, 0.1) is 11.6 Å². The minimum atomic E-state index is -0.736. The van der Waals surface area contributed by atoms with Crippen molar-refractivity contribution in [3.8, 4) is 11.5 Å². The first kappa shape index (κ1) is 13.8. The largest absolute Gasteiger partial charge is 0.504 e. The number of phenols is 1. The number of hydrogen-bond acceptors (Lipinski definition) is 4. The van der Waals surface area contributed by atoms with Crippen molar-refractivity contribution in [1.82, 2.24) is 0 Å². The van der Waals surface area contributed by atoms with Crippen LogP contribution >= 0.6 is 0 Å². The van der Waals surface area contributed by atoms with E-state index in [4.69, 9.17) is 4.74 Å². The van der Waals surface area contributed by atoms with Gasteiger partial charge in [0.2, 0.25) is 0 Å². The summed E-state index contributed by atoms with van der Waals surface area (Å²) in [4.78, 5) is 0. The van der Waals surface area contributed by atoms with Gasteiger partial charge < -0.3 is 9.84 Å². The maximum atomic E-state index is 13.3. The number of nitrogens with zero attached hydrogens (tertiary/aromatic N) is 1. The van der Waals surface area contributed by atoms with Crippen LogP contribution in [0.4, 0.5) is 14.5 Å². The van der Waals surface area contributed by atoms with Gasteiger partial charge in [0.1, 0.15) is 5.82 Å². The lowest BCUT2D eigenvalue weighted by atomic mass is 10.2. The molecule has 0 amide bonds. The molecule has 2 aromatic rings. The van der Waals surface area contributed by atoms with Crippen molar-refractivity contribution < 1.29 is 18.6 Å². The second-order valence-corrected chi connectivity index (χ2v) is 3.93. The number of anilines is 1. The second-order valence-electron chi connectivity index (χ2n) is 3.93. The van der Waals surface area contributed by atoms with E-state index in [1.165, 1.54) is 25.5 Å². The van der Waals surface area contributed by atoms with Gasteiger partial charge in [0.25, 0.3) is 0 Å². The number of phenolic OH excluding ortho intramolecular Hbond substituents is 1. The van der Waals surface area contributed by atoms with E-state index < -0.39 is 11.6 Å². The van der Waals surface area contributed by atoms with E-state index in [0.717, 1.165) is 12.1 Å². The molecule has 2 N–H and O–H groups in total. The van der Waals surface area contributed by atoms with Crippen LogP contribution in [0.1, 0.15) is 5.56 Å². The van der Waals surface area contributed by atoms with Crippen molar-refractivity contribution >= 4 is 11.9 Å². The van der Waals surface area contributed by atoms with Crippen LogP contribution in [0.25, 0.3) is 0 Å². The van der Waals surface area contributed by atoms with Crippen LogP contribution in [-0.2, 0) is 0 Å². The summed E-state index contributed by atoms with van der Waals surface area (Å²) in [7, 11) is 1.45. The van der Waals surface area contributed by atoms with Crippen molar-refractivity contribution in [3.63, 3.8) is 0 Å². The quantitative estimate of drug-likeness (QED) is 0.667. The molecule has 0 fully saturated rings. The summed E-state index contributed by atoms with van der Waals surface area (Å²) in [6.07, 6.45) is 1.39. The molecular weight excluding hydrogens is 266 g/mol. The van der Waals surface area contributed by atoms with Crippen molar-refractivity contribution in [2.75, 3.05) is 12.5 Å². The number of rotatable bonds is 4. The highest BCUT2D eigenvalue weighted by molar-refractivity contribution is 5.81. The molecule has 0 aliphatic carbocycles. The van der Waals surface area contributed by atoms with E-state index in [2.05, 4.69) is 10.5 Å². The van der Waals surface area contributed by atoms with Gasteiger partial charge in [-0.2, -0.15) is 5.10 Å². The summed E-state index contributed by atoms with van der Waals surface area (Å²) >= 11 is 0. The highest BCUT2D eigenvalue weighted by atomic mass is 19.1. The fraction of sp³-hybridized carbons (Fsp3) is 0.0714. The molecule has 0 aliphatic heterocycles. The second kappa shape index (κ2) is 6.01. The number of halogens is 2. The van der Waals surface area contributed by atoms with Crippen molar-refractivity contribution in [1.29, 1.82) is 0 Å².